The molecule has 0 fully saturated rings. The van der Waals surface area contributed by atoms with Crippen molar-refractivity contribution in [3.05, 3.63) is 254 Å². The fourth-order valence-electron chi connectivity index (χ4n) is 6.17. The number of carbonyl (C=O) groups is 2. The summed E-state index contributed by atoms with van der Waals surface area (Å²) in [4.78, 5) is 23.2. The van der Waals surface area contributed by atoms with Gasteiger partial charge in [0.05, 0.1) is 15.8 Å². The summed E-state index contributed by atoms with van der Waals surface area (Å²) in [5, 5.41) is 8.75. The van der Waals surface area contributed by atoms with Crippen LogP contribution in [0.25, 0.3) is 0 Å². The molecule has 0 aliphatic carbocycles. The molecule has 7 heteroatoms. The Balaban J connectivity index is 0.000000188. The van der Waals surface area contributed by atoms with Crippen LogP contribution in [0.15, 0.2) is 240 Å². The van der Waals surface area contributed by atoms with Crippen molar-refractivity contribution in [3.8, 4) is 11.8 Å². The molecular formula is C56H46O2P2PtS2+2. The van der Waals surface area contributed by atoms with Crippen molar-refractivity contribution >= 4 is 81.4 Å². The van der Waals surface area contributed by atoms with Gasteiger partial charge in [-0.1, -0.05) is 157 Å². The molecule has 0 atom stereocenters. The van der Waals surface area contributed by atoms with Crippen LogP contribution in [-0.2, 0) is 30.7 Å². The second-order valence-electron chi connectivity index (χ2n) is 13.4. The number of hydrogen-bond acceptors (Lipinski definition) is 4. The minimum Gasteiger partial charge on any atom is -0.366 e. The van der Waals surface area contributed by atoms with E-state index in [2.05, 4.69) is 194 Å². The third-order valence-electron chi connectivity index (χ3n) is 8.90. The molecule has 0 spiro atoms. The van der Waals surface area contributed by atoms with Crippen LogP contribution in [0.5, 0.6) is 0 Å². The van der Waals surface area contributed by atoms with Crippen molar-refractivity contribution in [2.24, 2.45) is 0 Å². The summed E-state index contributed by atoms with van der Waals surface area (Å²) >= 11 is 2.38. The smallest absolute Gasteiger partial charge is 0.366 e. The Labute approximate surface area is 399 Å². The zero-order chi connectivity index (χ0) is 43.8. The van der Waals surface area contributed by atoms with Gasteiger partial charge in [-0.25, -0.2) is 0 Å². The van der Waals surface area contributed by atoms with Crippen LogP contribution in [0, 0.1) is 24.7 Å². The molecular weight excluding hydrogens is 1030 g/mol. The Hall–Kier alpha value is -5.53. The van der Waals surface area contributed by atoms with Gasteiger partial charge in [-0.3, -0.25) is 21.4 Å². The van der Waals surface area contributed by atoms with E-state index in [-0.39, 0.29) is 31.3 Å². The van der Waals surface area contributed by atoms with Crippen LogP contribution < -0.4 is 31.8 Å². The third-order valence-corrected chi connectivity index (χ3v) is 16.0. The summed E-state index contributed by atoms with van der Waals surface area (Å²) in [6.45, 7) is 3.06. The Morgan fingerprint density at radius 2 is 0.540 bits per heavy atom. The van der Waals surface area contributed by atoms with E-state index < -0.39 is 15.8 Å². The Morgan fingerprint density at radius 3 is 0.698 bits per heavy atom. The zero-order valence-electron chi connectivity index (χ0n) is 34.9. The number of hydrogen-bond donors (Lipinski definition) is 0. The fraction of sp³-hybridized carbons (Fsp3) is 0.0357. The molecule has 0 radical (unpaired) electrons. The van der Waals surface area contributed by atoms with E-state index in [9.17, 15) is 9.59 Å². The van der Waals surface area contributed by atoms with Crippen molar-refractivity contribution in [1.82, 2.24) is 0 Å². The molecule has 0 aliphatic heterocycles. The van der Waals surface area contributed by atoms with E-state index in [4.69, 9.17) is 12.8 Å². The van der Waals surface area contributed by atoms with Gasteiger partial charge in [0.1, 0.15) is 31.8 Å². The van der Waals surface area contributed by atoms with Gasteiger partial charge in [0, 0.05) is 23.6 Å². The van der Waals surface area contributed by atoms with Crippen LogP contribution in [0.1, 0.15) is 25.0 Å². The predicted molar refractivity (Wildman–Crippen MR) is 272 cm³/mol. The molecule has 2 nitrogen and oxygen atoms in total. The van der Waals surface area contributed by atoms with Crippen molar-refractivity contribution in [3.63, 3.8) is 0 Å². The first-order chi connectivity index (χ1) is 30.3. The monoisotopic (exact) mass is 1070 g/mol. The molecule has 8 aromatic rings. The third kappa shape index (κ3) is 17.3. The maximum atomic E-state index is 10.7. The molecule has 0 aromatic heterocycles. The van der Waals surface area contributed by atoms with Crippen molar-refractivity contribution in [1.29, 1.82) is 0 Å². The standard InChI is InChI=1S/2C18H15P.2C10H7OS.Pt/c2*1-4-10-16(11-5-1)19(17-12-6-2-7-13-17)18-14-8-3-9-15-18;2*1-3-9-4-6-10(7-5-9)12-8(2)11;/h2*1-15H;2*4-7H,2H3;/q;;2*-1;+2/p+2. The molecule has 0 saturated heterocycles. The minimum atomic E-state index is -0.877. The minimum absolute atomic E-state index is 0. The number of benzene rings is 8. The van der Waals surface area contributed by atoms with Gasteiger partial charge in [-0.2, -0.15) is 0 Å². The van der Waals surface area contributed by atoms with Gasteiger partial charge in [0.2, 0.25) is 0 Å². The largest absolute Gasteiger partial charge is 2.00 e. The van der Waals surface area contributed by atoms with E-state index in [1.807, 2.05) is 24.3 Å². The Morgan fingerprint density at radius 1 is 0.349 bits per heavy atom. The summed E-state index contributed by atoms with van der Waals surface area (Å²) < 4.78 is 0. The molecule has 0 saturated carbocycles. The average Bonchev–Trinajstić information content (AvgIpc) is 3.32. The van der Waals surface area contributed by atoms with Crippen LogP contribution >= 0.6 is 39.4 Å². The van der Waals surface area contributed by atoms with E-state index in [1.165, 1.54) is 69.2 Å². The molecule has 0 N–H and O–H groups in total. The summed E-state index contributed by atoms with van der Waals surface area (Å²) in [6, 6.07) is 79.3. The van der Waals surface area contributed by atoms with Crippen molar-refractivity contribution in [2.45, 2.75) is 23.6 Å². The van der Waals surface area contributed by atoms with E-state index in [1.54, 1.807) is 24.3 Å². The van der Waals surface area contributed by atoms with E-state index >= 15 is 0 Å². The molecule has 0 amide bonds. The Kier molecular flexibility index (Phi) is 22.4. The second kappa shape index (κ2) is 28.2. The quantitative estimate of drug-likeness (QED) is 0.0657. The van der Waals surface area contributed by atoms with Gasteiger partial charge in [0.15, 0.2) is 10.2 Å². The second-order valence-corrected chi connectivity index (χ2v) is 20.9. The topological polar surface area (TPSA) is 34.1 Å². The summed E-state index contributed by atoms with van der Waals surface area (Å²) in [5.74, 6) is 4.53. The summed E-state index contributed by atoms with van der Waals surface area (Å²) in [6.07, 6.45) is 13.7. The van der Waals surface area contributed by atoms with Gasteiger partial charge < -0.3 is 12.8 Å². The van der Waals surface area contributed by atoms with Gasteiger partial charge >= 0.3 is 21.1 Å². The molecule has 0 aliphatic rings. The molecule has 8 aromatic carbocycles. The first kappa shape index (κ1) is 50.1. The van der Waals surface area contributed by atoms with Crippen molar-refractivity contribution < 1.29 is 30.7 Å². The normalized spacial score (nSPS) is 9.81. The van der Waals surface area contributed by atoms with Gasteiger partial charge in [0.25, 0.3) is 0 Å². The van der Waals surface area contributed by atoms with Gasteiger partial charge in [-0.15, -0.1) is 35.4 Å². The zero-order valence-corrected chi connectivity index (χ0v) is 40.8. The van der Waals surface area contributed by atoms with Crippen LogP contribution in [0.3, 0.4) is 0 Å². The first-order valence-corrected chi connectivity index (χ1v) is 24.5. The van der Waals surface area contributed by atoms with Crippen LogP contribution in [-0.4, -0.2) is 10.2 Å². The van der Waals surface area contributed by atoms with E-state index in [0.29, 0.717) is 0 Å². The fourth-order valence-corrected chi connectivity index (χ4v) is 12.5. The van der Waals surface area contributed by atoms with Crippen LogP contribution in [0.4, 0.5) is 0 Å². The van der Waals surface area contributed by atoms with Crippen molar-refractivity contribution in [2.75, 3.05) is 0 Å². The van der Waals surface area contributed by atoms with Crippen LogP contribution in [0.2, 0.25) is 0 Å². The van der Waals surface area contributed by atoms with Gasteiger partial charge in [-0.05, 0) is 72.8 Å². The SMILES string of the molecule is [C-]#Cc1ccc(SC(C)=O)cc1.[C-]#Cc1ccc(SC(C)=O)cc1.[Pt+2].c1ccc([PH+](c2ccccc2)c2ccccc2)cc1.c1ccc([PH+](c2ccccc2)c2ccccc2)cc1. The maximum absolute atomic E-state index is 10.7. The molecule has 63 heavy (non-hydrogen) atoms. The average molecular weight is 1070 g/mol. The number of carbonyl (C=O) groups excluding carboxylic acids is 2. The molecule has 312 valence electrons. The molecule has 0 unspecified atom stereocenters. The van der Waals surface area contributed by atoms with E-state index in [0.717, 1.165) is 20.9 Å². The number of rotatable bonds is 8. The summed E-state index contributed by atoms with van der Waals surface area (Å²) in [7, 11) is -1.75. The molecule has 8 rings (SSSR count). The first-order valence-electron chi connectivity index (χ1n) is 19.8. The maximum Gasteiger partial charge on any atom is 2.00 e. The number of thioether (sulfide) groups is 2. The molecule has 0 heterocycles. The Bertz CT molecular complexity index is 2240. The predicted octanol–water partition coefficient (Wildman–Crippen LogP) is 10.9. The summed E-state index contributed by atoms with van der Waals surface area (Å²) in [5.41, 5.74) is 1.45. The molecule has 0 bridgehead atoms.